The molecule has 0 saturated carbocycles. The number of hydrogen-bond donors (Lipinski definition) is 2. The SMILES string of the molecule is C[NH+]1CC[NH+](CCS(=O)(=O)OCC(F)(F)F)CC1. The summed E-state index contributed by atoms with van der Waals surface area (Å²) in [7, 11) is -2.02. The Hall–Kier alpha value is -0.380. The molecule has 0 amide bonds. The maximum absolute atomic E-state index is 11.8. The highest BCUT2D eigenvalue weighted by Gasteiger charge is 2.31. The van der Waals surface area contributed by atoms with Gasteiger partial charge in [0.1, 0.15) is 31.9 Å². The van der Waals surface area contributed by atoms with Gasteiger partial charge in [0.2, 0.25) is 0 Å². The van der Waals surface area contributed by atoms with E-state index in [0.29, 0.717) is 6.54 Å². The molecule has 5 nitrogen and oxygen atoms in total. The van der Waals surface area contributed by atoms with Crippen molar-refractivity contribution in [2.24, 2.45) is 0 Å². The molecular formula is C9H19F3N2O3S+2. The number of alkyl halides is 3. The molecule has 0 aromatic carbocycles. The van der Waals surface area contributed by atoms with Gasteiger partial charge in [-0.15, -0.1) is 0 Å². The van der Waals surface area contributed by atoms with Crippen LogP contribution in [0.5, 0.6) is 0 Å². The van der Waals surface area contributed by atoms with Crippen LogP contribution in [0.25, 0.3) is 0 Å². The first kappa shape index (κ1) is 15.7. The minimum absolute atomic E-state index is 0.299. The second kappa shape index (κ2) is 6.18. The second-order valence-electron chi connectivity index (χ2n) is 4.60. The van der Waals surface area contributed by atoms with Gasteiger partial charge in [-0.2, -0.15) is 21.6 Å². The standard InChI is InChI=1S/C9H17F3N2O3S/c1-13-2-4-14(5-3-13)6-7-18(15,16)17-8-9(10,11)12/h2-8H2,1H3/p+2. The Morgan fingerprint density at radius 1 is 1.17 bits per heavy atom. The smallest absolute Gasteiger partial charge is 0.328 e. The maximum atomic E-state index is 11.8. The van der Waals surface area contributed by atoms with Gasteiger partial charge in [0.05, 0.1) is 13.6 Å². The first-order valence-corrected chi connectivity index (χ1v) is 7.34. The van der Waals surface area contributed by atoms with E-state index in [-0.39, 0.29) is 5.75 Å². The first-order valence-electron chi connectivity index (χ1n) is 5.77. The van der Waals surface area contributed by atoms with E-state index in [9.17, 15) is 21.6 Å². The lowest BCUT2D eigenvalue weighted by atomic mass is 10.3. The Balaban J connectivity index is 2.29. The molecule has 0 radical (unpaired) electrons. The van der Waals surface area contributed by atoms with Crippen molar-refractivity contribution in [1.82, 2.24) is 0 Å². The third kappa shape index (κ3) is 6.53. The zero-order chi connectivity index (χ0) is 13.8. The molecule has 0 atom stereocenters. The molecule has 0 aromatic heterocycles. The number of hydrogen-bond acceptors (Lipinski definition) is 3. The van der Waals surface area contributed by atoms with Gasteiger partial charge >= 0.3 is 6.18 Å². The second-order valence-corrected chi connectivity index (χ2v) is 6.36. The minimum atomic E-state index is -4.61. The molecule has 18 heavy (non-hydrogen) atoms. The zero-order valence-corrected chi connectivity index (χ0v) is 11.0. The normalized spacial score (nSPS) is 26.2. The topological polar surface area (TPSA) is 52.2 Å². The van der Waals surface area contributed by atoms with Gasteiger partial charge in [0, 0.05) is 0 Å². The van der Waals surface area contributed by atoms with Gasteiger partial charge in [-0.05, 0) is 0 Å². The fourth-order valence-corrected chi connectivity index (χ4v) is 2.73. The fraction of sp³-hybridized carbons (Fsp3) is 1.00. The number of halogens is 3. The van der Waals surface area contributed by atoms with Crippen molar-refractivity contribution in [2.45, 2.75) is 6.18 Å². The van der Waals surface area contributed by atoms with Crippen molar-refractivity contribution in [3.63, 3.8) is 0 Å². The van der Waals surface area contributed by atoms with Gasteiger partial charge in [-0.25, -0.2) is 0 Å². The van der Waals surface area contributed by atoms with E-state index in [0.717, 1.165) is 31.1 Å². The molecule has 1 aliphatic rings. The van der Waals surface area contributed by atoms with Crippen LogP contribution in [0.15, 0.2) is 0 Å². The largest absolute Gasteiger partial charge is 0.413 e. The van der Waals surface area contributed by atoms with Crippen molar-refractivity contribution in [1.29, 1.82) is 0 Å². The lowest BCUT2D eigenvalue weighted by Crippen LogP contribution is -3.27. The highest BCUT2D eigenvalue weighted by Crippen LogP contribution is 2.15. The number of quaternary nitrogens is 2. The maximum Gasteiger partial charge on any atom is 0.413 e. The van der Waals surface area contributed by atoms with Crippen LogP contribution in [0.3, 0.4) is 0 Å². The van der Waals surface area contributed by atoms with Crippen molar-refractivity contribution < 1.29 is 35.6 Å². The van der Waals surface area contributed by atoms with Crippen molar-refractivity contribution in [3.8, 4) is 0 Å². The summed E-state index contributed by atoms with van der Waals surface area (Å²) in [6.45, 7) is 2.11. The van der Waals surface area contributed by atoms with Crippen LogP contribution in [0.4, 0.5) is 13.2 Å². The molecule has 1 rings (SSSR count). The summed E-state index contributed by atoms with van der Waals surface area (Å²) in [6, 6.07) is 0. The lowest BCUT2D eigenvalue weighted by Gasteiger charge is -2.27. The van der Waals surface area contributed by atoms with Crippen molar-refractivity contribution >= 4 is 10.1 Å². The average molecular weight is 292 g/mol. The fourth-order valence-electron chi connectivity index (χ4n) is 1.77. The summed E-state index contributed by atoms with van der Waals surface area (Å²) in [4.78, 5) is 2.48. The van der Waals surface area contributed by atoms with E-state index < -0.39 is 22.9 Å². The highest BCUT2D eigenvalue weighted by atomic mass is 32.2. The molecule has 1 fully saturated rings. The van der Waals surface area contributed by atoms with Gasteiger partial charge in [-0.3, -0.25) is 4.18 Å². The molecule has 1 aliphatic heterocycles. The summed E-state index contributed by atoms with van der Waals surface area (Å²) in [6.07, 6.45) is -4.61. The highest BCUT2D eigenvalue weighted by molar-refractivity contribution is 7.86. The van der Waals surface area contributed by atoms with E-state index >= 15 is 0 Å². The molecule has 108 valence electrons. The van der Waals surface area contributed by atoms with Gasteiger partial charge in [0.25, 0.3) is 10.1 Å². The van der Waals surface area contributed by atoms with Crippen LogP contribution in [0, 0.1) is 0 Å². The van der Waals surface area contributed by atoms with Crippen LogP contribution in [0.2, 0.25) is 0 Å². The molecule has 9 heteroatoms. The first-order chi connectivity index (χ1) is 8.18. The summed E-state index contributed by atoms with van der Waals surface area (Å²) < 4.78 is 61.9. The Bertz CT molecular complexity index is 351. The van der Waals surface area contributed by atoms with Crippen LogP contribution in [-0.2, 0) is 14.3 Å². The molecule has 0 bridgehead atoms. The summed E-state index contributed by atoms with van der Waals surface area (Å²) in [5.74, 6) is -0.364. The van der Waals surface area contributed by atoms with Crippen molar-refractivity contribution in [3.05, 3.63) is 0 Å². The summed E-state index contributed by atoms with van der Waals surface area (Å²) >= 11 is 0. The van der Waals surface area contributed by atoms with Crippen LogP contribution in [0.1, 0.15) is 0 Å². The van der Waals surface area contributed by atoms with Crippen LogP contribution < -0.4 is 9.80 Å². The number of likely N-dealkylation sites (N-methyl/N-ethyl adjacent to an activating group) is 1. The molecule has 0 aliphatic carbocycles. The number of piperazine rings is 1. The van der Waals surface area contributed by atoms with E-state index in [1.165, 1.54) is 4.90 Å². The Morgan fingerprint density at radius 3 is 2.22 bits per heavy atom. The Morgan fingerprint density at radius 2 is 1.72 bits per heavy atom. The molecular weight excluding hydrogens is 273 g/mol. The van der Waals surface area contributed by atoms with Crippen LogP contribution >= 0.6 is 0 Å². The monoisotopic (exact) mass is 292 g/mol. The Kier molecular flexibility index (Phi) is 5.38. The number of rotatable bonds is 5. The minimum Gasteiger partial charge on any atom is -0.328 e. The average Bonchev–Trinajstić information content (AvgIpc) is 2.25. The van der Waals surface area contributed by atoms with Gasteiger partial charge in [-0.1, -0.05) is 0 Å². The van der Waals surface area contributed by atoms with E-state index in [1.807, 2.05) is 0 Å². The van der Waals surface area contributed by atoms with E-state index in [2.05, 4.69) is 11.2 Å². The predicted molar refractivity (Wildman–Crippen MR) is 58.0 cm³/mol. The third-order valence-electron chi connectivity index (χ3n) is 2.92. The van der Waals surface area contributed by atoms with Gasteiger partial charge in [0.15, 0.2) is 6.61 Å². The third-order valence-corrected chi connectivity index (χ3v) is 4.10. The van der Waals surface area contributed by atoms with Crippen molar-refractivity contribution in [2.75, 3.05) is 52.1 Å². The number of nitrogens with one attached hydrogen (secondary N) is 2. The molecule has 0 spiro atoms. The van der Waals surface area contributed by atoms with Gasteiger partial charge < -0.3 is 9.80 Å². The van der Waals surface area contributed by atoms with Crippen LogP contribution in [-0.4, -0.2) is 66.7 Å². The molecule has 0 aromatic rings. The zero-order valence-electron chi connectivity index (χ0n) is 10.2. The lowest BCUT2D eigenvalue weighted by molar-refractivity contribution is -1.00. The molecule has 1 saturated heterocycles. The molecule has 2 N–H and O–H groups in total. The Labute approximate surface area is 105 Å². The van der Waals surface area contributed by atoms with E-state index in [4.69, 9.17) is 0 Å². The van der Waals surface area contributed by atoms with E-state index in [1.54, 1.807) is 0 Å². The summed E-state index contributed by atoms with van der Waals surface area (Å²) in [5.41, 5.74) is 0. The molecule has 0 unspecified atom stereocenters. The predicted octanol–water partition coefficient (Wildman–Crippen LogP) is -2.69. The summed E-state index contributed by atoms with van der Waals surface area (Å²) in [5, 5.41) is 0. The molecule has 1 heterocycles. The quantitative estimate of drug-likeness (QED) is 0.543.